The van der Waals surface area contributed by atoms with Gasteiger partial charge in [-0.1, -0.05) is 0 Å². The Morgan fingerprint density at radius 3 is 2.88 bits per heavy atom. The minimum atomic E-state index is -0.154. The second-order valence-electron chi connectivity index (χ2n) is 5.29. The predicted molar refractivity (Wildman–Crippen MR) is 94.2 cm³/mol. The summed E-state index contributed by atoms with van der Waals surface area (Å²) in [6.45, 7) is 1.56. The van der Waals surface area contributed by atoms with Crippen molar-refractivity contribution in [2.24, 2.45) is 0 Å². The standard InChI is InChI=1S/C17H15N3O3S/c21-17(19-13-3-6-16-15(9-13)18-10-23-16)12-1-4-14(5-2-12)20-7-8-22-11-24-20/h1-6,9-10H,7-8,11H2,(H,19,21). The van der Waals surface area contributed by atoms with Crippen molar-refractivity contribution in [1.82, 2.24) is 4.98 Å². The molecule has 1 aliphatic rings. The molecular weight excluding hydrogens is 326 g/mol. The van der Waals surface area contributed by atoms with Crippen LogP contribution >= 0.6 is 11.9 Å². The zero-order chi connectivity index (χ0) is 16.4. The van der Waals surface area contributed by atoms with Gasteiger partial charge in [0.15, 0.2) is 12.0 Å². The number of carbonyl (C=O) groups is 1. The van der Waals surface area contributed by atoms with Crippen LogP contribution in [0, 0.1) is 0 Å². The summed E-state index contributed by atoms with van der Waals surface area (Å²) in [6, 6.07) is 12.9. The lowest BCUT2D eigenvalue weighted by molar-refractivity contribution is 0.102. The number of hydrogen-bond donors (Lipinski definition) is 1. The normalized spacial score (nSPS) is 14.8. The van der Waals surface area contributed by atoms with Crippen LogP contribution in [-0.4, -0.2) is 30.0 Å². The summed E-state index contributed by atoms with van der Waals surface area (Å²) in [7, 11) is 0. The zero-order valence-corrected chi connectivity index (χ0v) is 13.6. The Morgan fingerprint density at radius 2 is 2.08 bits per heavy atom. The van der Waals surface area contributed by atoms with Crippen LogP contribution in [0.2, 0.25) is 0 Å². The van der Waals surface area contributed by atoms with E-state index in [0.717, 1.165) is 18.8 Å². The van der Waals surface area contributed by atoms with E-state index in [-0.39, 0.29) is 5.91 Å². The second kappa shape index (κ2) is 6.54. The molecule has 1 amide bonds. The van der Waals surface area contributed by atoms with Gasteiger partial charge in [0.2, 0.25) is 0 Å². The Hall–Kier alpha value is -2.51. The summed E-state index contributed by atoms with van der Waals surface area (Å²) in [6.07, 6.45) is 1.39. The number of benzene rings is 2. The number of anilines is 2. The number of amides is 1. The van der Waals surface area contributed by atoms with Gasteiger partial charge < -0.3 is 18.8 Å². The lowest BCUT2D eigenvalue weighted by Gasteiger charge is -2.27. The average Bonchev–Trinajstić information content (AvgIpc) is 3.10. The molecule has 0 aliphatic carbocycles. The highest BCUT2D eigenvalue weighted by Crippen LogP contribution is 2.25. The zero-order valence-electron chi connectivity index (χ0n) is 12.8. The first-order valence-corrected chi connectivity index (χ1v) is 8.47. The predicted octanol–water partition coefficient (Wildman–Crippen LogP) is 3.52. The van der Waals surface area contributed by atoms with Crippen LogP contribution in [0.3, 0.4) is 0 Å². The molecule has 6 nitrogen and oxygen atoms in total. The van der Waals surface area contributed by atoms with Crippen LogP contribution in [-0.2, 0) is 4.74 Å². The Labute approximate surface area is 142 Å². The average molecular weight is 341 g/mol. The van der Waals surface area contributed by atoms with Crippen LogP contribution < -0.4 is 9.62 Å². The van der Waals surface area contributed by atoms with E-state index in [1.165, 1.54) is 6.39 Å². The van der Waals surface area contributed by atoms with Gasteiger partial charge in [0, 0.05) is 16.9 Å². The Morgan fingerprint density at radius 1 is 1.21 bits per heavy atom. The van der Waals surface area contributed by atoms with Crippen molar-refractivity contribution in [3.8, 4) is 0 Å². The van der Waals surface area contributed by atoms with Gasteiger partial charge in [-0.25, -0.2) is 4.98 Å². The number of fused-ring (bicyclic) bond motifs is 1. The number of nitrogens with one attached hydrogen (secondary N) is 1. The Kier molecular flexibility index (Phi) is 4.10. The molecule has 24 heavy (non-hydrogen) atoms. The molecule has 1 N–H and O–H groups in total. The molecule has 2 aromatic carbocycles. The quantitative estimate of drug-likeness (QED) is 0.735. The fourth-order valence-electron chi connectivity index (χ4n) is 2.49. The highest BCUT2D eigenvalue weighted by atomic mass is 32.2. The molecule has 1 saturated heterocycles. The van der Waals surface area contributed by atoms with E-state index in [9.17, 15) is 4.79 Å². The molecule has 3 aromatic rings. The fraction of sp³-hybridized carbons (Fsp3) is 0.176. The smallest absolute Gasteiger partial charge is 0.255 e. The maximum Gasteiger partial charge on any atom is 0.255 e. The minimum Gasteiger partial charge on any atom is -0.443 e. The molecule has 0 atom stereocenters. The molecule has 7 heteroatoms. The fourth-order valence-corrected chi connectivity index (χ4v) is 3.29. The SMILES string of the molecule is O=C(Nc1ccc2ocnc2c1)c1ccc(N2CCOCS2)cc1. The first kappa shape index (κ1) is 15.0. The third-order valence-corrected chi connectivity index (χ3v) is 4.71. The minimum absolute atomic E-state index is 0.154. The third kappa shape index (κ3) is 3.08. The molecule has 0 saturated carbocycles. The summed E-state index contributed by atoms with van der Waals surface area (Å²) < 4.78 is 12.7. The van der Waals surface area contributed by atoms with Gasteiger partial charge in [0.1, 0.15) is 11.5 Å². The molecule has 1 aliphatic heterocycles. The van der Waals surface area contributed by atoms with E-state index in [4.69, 9.17) is 9.15 Å². The largest absolute Gasteiger partial charge is 0.443 e. The molecule has 0 unspecified atom stereocenters. The molecule has 4 rings (SSSR count). The van der Waals surface area contributed by atoms with E-state index in [1.807, 2.05) is 24.3 Å². The number of ether oxygens (including phenoxy) is 1. The molecule has 1 fully saturated rings. The van der Waals surface area contributed by atoms with Gasteiger partial charge in [0.05, 0.1) is 13.2 Å². The lowest BCUT2D eigenvalue weighted by Crippen LogP contribution is -2.26. The van der Waals surface area contributed by atoms with Crippen molar-refractivity contribution in [1.29, 1.82) is 0 Å². The van der Waals surface area contributed by atoms with Crippen LogP contribution in [0.25, 0.3) is 11.1 Å². The van der Waals surface area contributed by atoms with Crippen molar-refractivity contribution in [3.63, 3.8) is 0 Å². The molecular formula is C17H15N3O3S. The monoisotopic (exact) mass is 341 g/mol. The van der Waals surface area contributed by atoms with Crippen LogP contribution in [0.1, 0.15) is 10.4 Å². The molecule has 1 aromatic heterocycles. The molecule has 0 radical (unpaired) electrons. The van der Waals surface area contributed by atoms with E-state index in [0.29, 0.717) is 28.3 Å². The number of aromatic nitrogens is 1. The van der Waals surface area contributed by atoms with E-state index in [1.54, 1.807) is 30.1 Å². The van der Waals surface area contributed by atoms with Crippen molar-refractivity contribution in [3.05, 3.63) is 54.4 Å². The second-order valence-corrected chi connectivity index (χ2v) is 6.23. The van der Waals surface area contributed by atoms with E-state index < -0.39 is 0 Å². The maximum atomic E-state index is 12.4. The summed E-state index contributed by atoms with van der Waals surface area (Å²) in [5, 5.41) is 2.88. The first-order chi connectivity index (χ1) is 11.8. The summed E-state index contributed by atoms with van der Waals surface area (Å²) in [5.41, 5.74) is 3.78. The van der Waals surface area contributed by atoms with E-state index in [2.05, 4.69) is 14.6 Å². The van der Waals surface area contributed by atoms with Crippen molar-refractivity contribution < 1.29 is 13.9 Å². The number of oxazole rings is 1. The number of carbonyl (C=O) groups excluding carboxylic acids is 1. The van der Waals surface area contributed by atoms with Gasteiger partial charge >= 0.3 is 0 Å². The summed E-state index contributed by atoms with van der Waals surface area (Å²) in [4.78, 5) is 16.5. The first-order valence-electron chi connectivity index (χ1n) is 7.52. The summed E-state index contributed by atoms with van der Waals surface area (Å²) in [5.74, 6) is 0.506. The van der Waals surface area contributed by atoms with Gasteiger partial charge in [-0.05, 0) is 54.4 Å². The number of hydrogen-bond acceptors (Lipinski definition) is 6. The Bertz CT molecular complexity index is 857. The third-order valence-electron chi connectivity index (χ3n) is 3.74. The van der Waals surface area contributed by atoms with Gasteiger partial charge in [-0.15, -0.1) is 0 Å². The maximum absolute atomic E-state index is 12.4. The Balaban J connectivity index is 1.47. The van der Waals surface area contributed by atoms with Gasteiger partial charge in [0.25, 0.3) is 5.91 Å². The van der Waals surface area contributed by atoms with Crippen molar-refractivity contribution in [2.75, 3.05) is 28.7 Å². The lowest BCUT2D eigenvalue weighted by atomic mass is 10.2. The van der Waals surface area contributed by atoms with Crippen molar-refractivity contribution >= 4 is 40.3 Å². The van der Waals surface area contributed by atoms with Gasteiger partial charge in [-0.3, -0.25) is 4.79 Å². The van der Waals surface area contributed by atoms with Gasteiger partial charge in [-0.2, -0.15) is 0 Å². The molecule has 2 heterocycles. The van der Waals surface area contributed by atoms with Crippen LogP contribution in [0.5, 0.6) is 0 Å². The molecule has 122 valence electrons. The number of nitrogens with zero attached hydrogens (tertiary/aromatic N) is 2. The number of rotatable bonds is 3. The molecule has 0 spiro atoms. The topological polar surface area (TPSA) is 67.6 Å². The highest BCUT2D eigenvalue weighted by Gasteiger charge is 2.13. The van der Waals surface area contributed by atoms with Crippen LogP contribution in [0.15, 0.2) is 53.3 Å². The van der Waals surface area contributed by atoms with E-state index >= 15 is 0 Å². The molecule has 0 bridgehead atoms. The van der Waals surface area contributed by atoms with Crippen molar-refractivity contribution in [2.45, 2.75) is 0 Å². The highest BCUT2D eigenvalue weighted by molar-refractivity contribution is 8.00. The summed E-state index contributed by atoms with van der Waals surface area (Å²) >= 11 is 1.63. The van der Waals surface area contributed by atoms with Crippen LogP contribution in [0.4, 0.5) is 11.4 Å².